The molecule has 0 aliphatic carbocycles. The Hall–Kier alpha value is -3.39. The molecule has 1 amide bonds. The molecule has 0 radical (unpaired) electrons. The maximum absolute atomic E-state index is 13.6. The van der Waals surface area contributed by atoms with Crippen LogP contribution in [0.5, 0.6) is 5.75 Å². The van der Waals surface area contributed by atoms with Gasteiger partial charge in [-0.1, -0.05) is 18.2 Å². The predicted molar refractivity (Wildman–Crippen MR) is 122 cm³/mol. The topological polar surface area (TPSA) is 75.7 Å². The summed E-state index contributed by atoms with van der Waals surface area (Å²) in [4.78, 5) is 14.1. The number of benzene rings is 3. The molecule has 0 fully saturated rings. The van der Waals surface area contributed by atoms with Crippen molar-refractivity contribution in [2.75, 3.05) is 24.9 Å². The fourth-order valence-electron chi connectivity index (χ4n) is 2.97. The first kappa shape index (κ1) is 23.3. The third-order valence-electron chi connectivity index (χ3n) is 5.04. The number of sulfonamides is 1. The van der Waals surface area contributed by atoms with E-state index in [0.29, 0.717) is 11.3 Å². The average Bonchev–Trinajstić information content (AvgIpc) is 2.77. The molecule has 32 heavy (non-hydrogen) atoms. The highest BCUT2D eigenvalue weighted by Gasteiger charge is 2.17. The fourth-order valence-corrected chi connectivity index (χ4v) is 4.02. The average molecular weight is 457 g/mol. The summed E-state index contributed by atoms with van der Waals surface area (Å²) >= 11 is 0. The molecule has 0 saturated carbocycles. The van der Waals surface area contributed by atoms with E-state index < -0.39 is 15.8 Å². The second-order valence-electron chi connectivity index (χ2n) is 7.43. The van der Waals surface area contributed by atoms with Crippen LogP contribution < -0.4 is 9.46 Å². The molecule has 0 atom stereocenters. The summed E-state index contributed by atoms with van der Waals surface area (Å²) < 4.78 is 46.8. The number of ether oxygens (including phenoxy) is 1. The van der Waals surface area contributed by atoms with Gasteiger partial charge >= 0.3 is 0 Å². The summed E-state index contributed by atoms with van der Waals surface area (Å²) in [6.07, 6.45) is 0. The third kappa shape index (κ3) is 5.64. The number of carbonyl (C=O) groups is 1. The van der Waals surface area contributed by atoms with E-state index in [0.717, 1.165) is 11.1 Å². The van der Waals surface area contributed by atoms with Crippen LogP contribution in [-0.2, 0) is 10.0 Å². The van der Waals surface area contributed by atoms with Crippen LogP contribution in [0.3, 0.4) is 0 Å². The predicted octanol–water partition coefficient (Wildman–Crippen LogP) is 4.39. The zero-order chi connectivity index (χ0) is 23.3. The molecular weight excluding hydrogens is 431 g/mol. The largest absolute Gasteiger partial charge is 0.489 e. The van der Waals surface area contributed by atoms with Gasteiger partial charge in [-0.25, -0.2) is 12.8 Å². The van der Waals surface area contributed by atoms with E-state index in [1.807, 2.05) is 19.9 Å². The van der Waals surface area contributed by atoms with Crippen LogP contribution in [0, 0.1) is 19.7 Å². The zero-order valence-corrected chi connectivity index (χ0v) is 18.9. The van der Waals surface area contributed by atoms with Gasteiger partial charge in [0, 0.05) is 18.3 Å². The van der Waals surface area contributed by atoms with Crippen LogP contribution >= 0.6 is 0 Å². The fraction of sp³-hybridized carbons (Fsp3) is 0.208. The van der Waals surface area contributed by atoms with Crippen LogP contribution in [-0.4, -0.2) is 39.4 Å². The highest BCUT2D eigenvalue weighted by atomic mass is 32.2. The van der Waals surface area contributed by atoms with Gasteiger partial charge in [-0.15, -0.1) is 0 Å². The Morgan fingerprint density at radius 3 is 2.34 bits per heavy atom. The molecule has 0 spiro atoms. The molecule has 0 aliphatic heterocycles. The Labute approximate surface area is 187 Å². The van der Waals surface area contributed by atoms with Gasteiger partial charge in [-0.2, -0.15) is 0 Å². The van der Waals surface area contributed by atoms with Crippen LogP contribution in [0.15, 0.2) is 71.6 Å². The van der Waals surface area contributed by atoms with Crippen molar-refractivity contribution in [3.8, 4) is 5.75 Å². The molecule has 3 aromatic carbocycles. The van der Waals surface area contributed by atoms with E-state index >= 15 is 0 Å². The summed E-state index contributed by atoms with van der Waals surface area (Å²) in [5, 5.41) is 0. The Balaban J connectivity index is 1.61. The van der Waals surface area contributed by atoms with Gasteiger partial charge < -0.3 is 9.64 Å². The van der Waals surface area contributed by atoms with Crippen LogP contribution in [0.25, 0.3) is 0 Å². The standard InChI is InChI=1S/C24H25FN2O4S/c1-17-8-11-20(16-18(17)2)26-32(29,30)21-12-9-19(10-13-21)24(28)27(3)14-15-31-23-7-5-4-6-22(23)25/h4-13,16,26H,14-15H2,1-3H3. The number of nitrogens with one attached hydrogen (secondary N) is 1. The number of hydrogen-bond donors (Lipinski definition) is 1. The van der Waals surface area contributed by atoms with E-state index in [1.54, 1.807) is 31.3 Å². The first-order chi connectivity index (χ1) is 15.2. The number of rotatable bonds is 8. The monoisotopic (exact) mass is 456 g/mol. The Morgan fingerprint density at radius 1 is 1.00 bits per heavy atom. The highest BCUT2D eigenvalue weighted by Crippen LogP contribution is 2.20. The molecule has 0 heterocycles. The van der Waals surface area contributed by atoms with E-state index in [4.69, 9.17) is 4.74 Å². The summed E-state index contributed by atoms with van der Waals surface area (Å²) in [5.74, 6) is -0.639. The summed E-state index contributed by atoms with van der Waals surface area (Å²) in [7, 11) is -2.19. The minimum atomic E-state index is -3.78. The van der Waals surface area contributed by atoms with E-state index in [-0.39, 0.29) is 29.7 Å². The smallest absolute Gasteiger partial charge is 0.261 e. The highest BCUT2D eigenvalue weighted by molar-refractivity contribution is 7.92. The van der Waals surface area contributed by atoms with Crippen molar-refractivity contribution in [1.82, 2.24) is 4.90 Å². The Kier molecular flexibility index (Phi) is 7.15. The van der Waals surface area contributed by atoms with Crippen molar-refractivity contribution in [2.45, 2.75) is 18.7 Å². The van der Waals surface area contributed by atoms with Gasteiger partial charge in [0.2, 0.25) is 0 Å². The van der Waals surface area contributed by atoms with Crippen LogP contribution in [0.2, 0.25) is 0 Å². The van der Waals surface area contributed by atoms with Crippen molar-refractivity contribution in [2.24, 2.45) is 0 Å². The van der Waals surface area contributed by atoms with Gasteiger partial charge in [0.05, 0.1) is 11.4 Å². The molecule has 3 rings (SSSR count). The van der Waals surface area contributed by atoms with Crippen molar-refractivity contribution in [1.29, 1.82) is 0 Å². The number of anilines is 1. The zero-order valence-electron chi connectivity index (χ0n) is 18.1. The van der Waals surface area contributed by atoms with Crippen molar-refractivity contribution in [3.63, 3.8) is 0 Å². The van der Waals surface area contributed by atoms with Crippen molar-refractivity contribution >= 4 is 21.6 Å². The molecule has 6 nitrogen and oxygen atoms in total. The maximum atomic E-state index is 13.6. The maximum Gasteiger partial charge on any atom is 0.261 e. The molecule has 3 aromatic rings. The molecule has 168 valence electrons. The lowest BCUT2D eigenvalue weighted by atomic mass is 10.1. The lowest BCUT2D eigenvalue weighted by Crippen LogP contribution is -2.31. The molecule has 1 N–H and O–H groups in total. The number of halogens is 1. The molecule has 8 heteroatoms. The third-order valence-corrected chi connectivity index (χ3v) is 6.44. The number of carbonyl (C=O) groups excluding carboxylic acids is 1. The summed E-state index contributed by atoms with van der Waals surface area (Å²) in [6.45, 7) is 4.22. The molecular formula is C24H25FN2O4S. The summed E-state index contributed by atoms with van der Waals surface area (Å²) in [6, 6.07) is 17.1. The lowest BCUT2D eigenvalue weighted by molar-refractivity contribution is 0.0773. The quantitative estimate of drug-likeness (QED) is 0.545. The Morgan fingerprint density at radius 2 is 1.69 bits per heavy atom. The molecule has 0 unspecified atom stereocenters. The van der Waals surface area contributed by atoms with Gasteiger partial charge in [-0.3, -0.25) is 9.52 Å². The summed E-state index contributed by atoms with van der Waals surface area (Å²) in [5.41, 5.74) is 2.86. The number of amides is 1. The van der Waals surface area contributed by atoms with E-state index in [2.05, 4.69) is 4.72 Å². The first-order valence-corrected chi connectivity index (χ1v) is 11.5. The number of hydrogen-bond acceptors (Lipinski definition) is 4. The number of likely N-dealkylation sites (N-methyl/N-ethyl adjacent to an activating group) is 1. The van der Waals surface area contributed by atoms with Crippen LogP contribution in [0.4, 0.5) is 10.1 Å². The second-order valence-corrected chi connectivity index (χ2v) is 9.12. The normalized spacial score (nSPS) is 11.1. The van der Waals surface area contributed by atoms with Gasteiger partial charge in [-0.05, 0) is 73.5 Å². The van der Waals surface area contributed by atoms with Gasteiger partial charge in [0.1, 0.15) is 6.61 Å². The number of aryl methyl sites for hydroxylation is 2. The number of nitrogens with zero attached hydrogens (tertiary/aromatic N) is 1. The van der Waals surface area contributed by atoms with Crippen LogP contribution in [0.1, 0.15) is 21.5 Å². The second kappa shape index (κ2) is 9.82. The minimum Gasteiger partial charge on any atom is -0.489 e. The van der Waals surface area contributed by atoms with Gasteiger partial charge in [0.25, 0.3) is 15.9 Å². The van der Waals surface area contributed by atoms with Gasteiger partial charge in [0.15, 0.2) is 11.6 Å². The molecule has 0 aliphatic rings. The lowest BCUT2D eigenvalue weighted by Gasteiger charge is -2.18. The molecule has 0 bridgehead atoms. The minimum absolute atomic E-state index is 0.0535. The van der Waals surface area contributed by atoms with E-state index in [9.17, 15) is 17.6 Å². The number of para-hydroxylation sites is 1. The van der Waals surface area contributed by atoms with E-state index in [1.165, 1.54) is 41.3 Å². The molecule has 0 aromatic heterocycles. The Bertz CT molecular complexity index is 1210. The molecule has 0 saturated heterocycles. The van der Waals surface area contributed by atoms with Crippen molar-refractivity contribution in [3.05, 3.63) is 89.2 Å². The first-order valence-electron chi connectivity index (χ1n) is 10.0. The van der Waals surface area contributed by atoms with Crippen molar-refractivity contribution < 1.29 is 22.3 Å². The SMILES string of the molecule is Cc1ccc(NS(=O)(=O)c2ccc(C(=O)N(C)CCOc3ccccc3F)cc2)cc1C.